The number of nitrogens with zero attached hydrogens (tertiary/aromatic N) is 3. The topological polar surface area (TPSA) is 72.9 Å². The molecule has 0 radical (unpaired) electrons. The number of nitrogen functional groups attached to an aromatic ring is 1. The second kappa shape index (κ2) is 6.62. The van der Waals surface area contributed by atoms with Gasteiger partial charge in [0.2, 0.25) is 0 Å². The van der Waals surface area contributed by atoms with Crippen LogP contribution in [0.1, 0.15) is 16.2 Å². The van der Waals surface area contributed by atoms with E-state index in [9.17, 15) is 13.6 Å². The maximum Gasteiger partial charge on any atom is 0.273 e. The number of halogens is 2. The van der Waals surface area contributed by atoms with E-state index >= 15 is 0 Å². The summed E-state index contributed by atoms with van der Waals surface area (Å²) in [5.74, 6) is -2.02. The predicted molar refractivity (Wildman–Crippen MR) is 96.4 cm³/mol. The van der Waals surface area contributed by atoms with Crippen molar-refractivity contribution in [1.29, 1.82) is 0 Å². The molecule has 0 unspecified atom stereocenters. The molecule has 4 rings (SSSR count). The third-order valence-corrected chi connectivity index (χ3v) is 4.71. The Bertz CT molecular complexity index is 1040. The van der Waals surface area contributed by atoms with Gasteiger partial charge in [0, 0.05) is 24.3 Å². The van der Waals surface area contributed by atoms with E-state index in [4.69, 9.17) is 10.5 Å². The molecule has 1 aliphatic heterocycles. The van der Waals surface area contributed by atoms with E-state index in [1.54, 1.807) is 15.4 Å². The molecule has 140 valence electrons. The smallest absolute Gasteiger partial charge is 0.273 e. The summed E-state index contributed by atoms with van der Waals surface area (Å²) in [6.45, 7) is 3.63. The van der Waals surface area contributed by atoms with Crippen molar-refractivity contribution >= 4 is 17.2 Å². The molecule has 27 heavy (non-hydrogen) atoms. The second-order valence-electron chi connectivity index (χ2n) is 6.42. The van der Waals surface area contributed by atoms with Crippen LogP contribution >= 0.6 is 0 Å². The molecule has 0 bridgehead atoms. The normalized spacial score (nSPS) is 14.7. The number of aromatic nitrogens is 2. The predicted octanol–water partition coefficient (Wildman–Crippen LogP) is 2.64. The first kappa shape index (κ1) is 17.4. The van der Waals surface area contributed by atoms with Crippen molar-refractivity contribution in [1.82, 2.24) is 14.3 Å². The maximum atomic E-state index is 13.8. The highest BCUT2D eigenvalue weighted by atomic mass is 19.2. The van der Waals surface area contributed by atoms with Gasteiger partial charge in [-0.25, -0.2) is 13.8 Å². The van der Waals surface area contributed by atoms with Crippen molar-refractivity contribution < 1.29 is 18.3 Å². The molecular weight excluding hydrogens is 354 g/mol. The molecule has 1 saturated heterocycles. The summed E-state index contributed by atoms with van der Waals surface area (Å²) in [6.07, 6.45) is 0. The zero-order chi connectivity index (χ0) is 19.1. The van der Waals surface area contributed by atoms with Crippen molar-refractivity contribution in [3.63, 3.8) is 0 Å². The summed E-state index contributed by atoms with van der Waals surface area (Å²) in [4.78, 5) is 19.3. The third kappa shape index (κ3) is 2.91. The average Bonchev–Trinajstić information content (AvgIpc) is 3.06. The number of ether oxygens (including phenoxy) is 1. The molecule has 1 aliphatic rings. The SMILES string of the molecule is Cc1ccc2c(N)nc(-c3ccc(F)c(F)c3)c(C(=O)N3CCOCC3)n12. The minimum Gasteiger partial charge on any atom is -0.382 e. The van der Waals surface area contributed by atoms with Gasteiger partial charge in [0.25, 0.3) is 5.91 Å². The van der Waals surface area contributed by atoms with Gasteiger partial charge >= 0.3 is 0 Å². The lowest BCUT2D eigenvalue weighted by atomic mass is 10.1. The number of morpholine rings is 1. The van der Waals surface area contributed by atoms with E-state index < -0.39 is 11.6 Å². The number of carbonyl (C=O) groups excluding carboxylic acids is 1. The fraction of sp³-hybridized carbons (Fsp3) is 0.263. The Hall–Kier alpha value is -3.00. The van der Waals surface area contributed by atoms with Crippen LogP contribution in [0.25, 0.3) is 16.8 Å². The standard InChI is InChI=1S/C19H18F2N4O2/c1-11-2-5-15-18(22)23-16(12-3-4-13(20)14(21)10-12)17(25(11)15)19(26)24-6-8-27-9-7-24/h2-5,10H,6-9H2,1H3,(H2,22,23). The van der Waals surface area contributed by atoms with Gasteiger partial charge in [-0.2, -0.15) is 0 Å². The molecule has 0 atom stereocenters. The molecule has 6 nitrogen and oxygen atoms in total. The number of aryl methyl sites for hydroxylation is 1. The van der Waals surface area contributed by atoms with Crippen LogP contribution in [0.5, 0.6) is 0 Å². The minimum atomic E-state index is -1.01. The zero-order valence-electron chi connectivity index (χ0n) is 14.7. The van der Waals surface area contributed by atoms with Gasteiger partial charge < -0.3 is 19.8 Å². The Morgan fingerprint density at radius 1 is 1.15 bits per heavy atom. The minimum absolute atomic E-state index is 0.210. The number of nitrogens with two attached hydrogens (primary N) is 1. The number of benzene rings is 1. The highest BCUT2D eigenvalue weighted by Gasteiger charge is 2.27. The zero-order valence-corrected chi connectivity index (χ0v) is 14.7. The van der Waals surface area contributed by atoms with E-state index in [1.807, 2.05) is 13.0 Å². The van der Waals surface area contributed by atoms with Crippen molar-refractivity contribution in [2.24, 2.45) is 0 Å². The first-order chi connectivity index (χ1) is 13.0. The molecule has 1 aromatic carbocycles. The van der Waals surface area contributed by atoms with Crippen LogP contribution < -0.4 is 5.73 Å². The second-order valence-corrected chi connectivity index (χ2v) is 6.42. The number of hydrogen-bond acceptors (Lipinski definition) is 4. The van der Waals surface area contributed by atoms with Crippen LogP contribution in [0.2, 0.25) is 0 Å². The van der Waals surface area contributed by atoms with Gasteiger partial charge in [-0.05, 0) is 37.3 Å². The van der Waals surface area contributed by atoms with Gasteiger partial charge in [-0.15, -0.1) is 0 Å². The van der Waals surface area contributed by atoms with Crippen LogP contribution in [0.15, 0.2) is 30.3 Å². The fourth-order valence-electron chi connectivity index (χ4n) is 3.33. The van der Waals surface area contributed by atoms with E-state index in [2.05, 4.69) is 4.98 Å². The molecule has 0 spiro atoms. The number of fused-ring (bicyclic) bond motifs is 1. The summed E-state index contributed by atoms with van der Waals surface area (Å²) in [6, 6.07) is 7.04. The lowest BCUT2D eigenvalue weighted by Gasteiger charge is -2.28. The van der Waals surface area contributed by atoms with Crippen molar-refractivity contribution in [2.75, 3.05) is 32.0 Å². The number of hydrogen-bond donors (Lipinski definition) is 1. The van der Waals surface area contributed by atoms with E-state index in [1.165, 1.54) is 6.07 Å². The molecule has 0 saturated carbocycles. The molecule has 8 heteroatoms. The first-order valence-corrected chi connectivity index (χ1v) is 8.57. The highest BCUT2D eigenvalue weighted by molar-refractivity contribution is 6.00. The Balaban J connectivity index is 1.98. The number of rotatable bonds is 2. The van der Waals surface area contributed by atoms with Gasteiger partial charge in [0.15, 0.2) is 11.6 Å². The quantitative estimate of drug-likeness (QED) is 0.751. The van der Waals surface area contributed by atoms with Crippen LogP contribution in [-0.2, 0) is 4.74 Å². The monoisotopic (exact) mass is 372 g/mol. The molecule has 0 aliphatic carbocycles. The van der Waals surface area contributed by atoms with Crippen molar-refractivity contribution in [3.8, 4) is 11.3 Å². The van der Waals surface area contributed by atoms with Crippen LogP contribution in [0, 0.1) is 18.6 Å². The lowest BCUT2D eigenvalue weighted by molar-refractivity contribution is 0.0298. The molecule has 1 amide bonds. The molecule has 3 aromatic rings. The van der Waals surface area contributed by atoms with Crippen LogP contribution in [0.4, 0.5) is 14.6 Å². The summed E-state index contributed by atoms with van der Waals surface area (Å²) < 4.78 is 34.3. The molecule has 2 N–H and O–H groups in total. The Morgan fingerprint density at radius 3 is 2.59 bits per heavy atom. The lowest BCUT2D eigenvalue weighted by Crippen LogP contribution is -2.41. The molecule has 2 aromatic heterocycles. The van der Waals surface area contributed by atoms with E-state index in [0.717, 1.165) is 17.8 Å². The number of carbonyl (C=O) groups is 1. The van der Waals surface area contributed by atoms with Gasteiger partial charge in [-0.1, -0.05) is 0 Å². The van der Waals surface area contributed by atoms with Crippen molar-refractivity contribution in [2.45, 2.75) is 6.92 Å². The summed E-state index contributed by atoms with van der Waals surface area (Å²) in [7, 11) is 0. The van der Waals surface area contributed by atoms with Gasteiger partial charge in [0.05, 0.1) is 18.7 Å². The Kier molecular flexibility index (Phi) is 4.27. The average molecular weight is 372 g/mol. The number of anilines is 1. The summed E-state index contributed by atoms with van der Waals surface area (Å²) in [5.41, 5.74) is 8.24. The molecule has 3 heterocycles. The van der Waals surface area contributed by atoms with Gasteiger partial charge in [-0.3, -0.25) is 4.79 Å². The van der Waals surface area contributed by atoms with E-state index in [0.29, 0.717) is 31.8 Å². The number of amides is 1. The summed E-state index contributed by atoms with van der Waals surface area (Å²) in [5, 5.41) is 0. The Labute approximate surface area is 154 Å². The first-order valence-electron chi connectivity index (χ1n) is 8.57. The fourth-order valence-corrected chi connectivity index (χ4v) is 3.33. The maximum absolute atomic E-state index is 13.8. The third-order valence-electron chi connectivity index (χ3n) is 4.71. The van der Waals surface area contributed by atoms with Crippen molar-refractivity contribution in [3.05, 3.63) is 53.4 Å². The van der Waals surface area contributed by atoms with Crippen LogP contribution in [0.3, 0.4) is 0 Å². The summed E-state index contributed by atoms with van der Waals surface area (Å²) >= 11 is 0. The van der Waals surface area contributed by atoms with E-state index in [-0.39, 0.29) is 28.7 Å². The van der Waals surface area contributed by atoms with Crippen LogP contribution in [-0.4, -0.2) is 46.5 Å². The molecular formula is C19H18F2N4O2. The largest absolute Gasteiger partial charge is 0.382 e. The molecule has 1 fully saturated rings. The Morgan fingerprint density at radius 2 is 1.89 bits per heavy atom. The highest BCUT2D eigenvalue weighted by Crippen LogP contribution is 2.29. The van der Waals surface area contributed by atoms with Gasteiger partial charge in [0.1, 0.15) is 17.2 Å².